The van der Waals surface area contributed by atoms with Crippen molar-refractivity contribution in [1.29, 1.82) is 0 Å². The number of hydrogen-bond donors (Lipinski definition) is 1. The van der Waals surface area contributed by atoms with Gasteiger partial charge in [0.2, 0.25) is 0 Å². The predicted molar refractivity (Wildman–Crippen MR) is 93.2 cm³/mol. The molecule has 3 aromatic carbocycles. The molecule has 0 saturated carbocycles. The molecule has 2 N–H and O–H groups in total. The zero-order chi connectivity index (χ0) is 14.7. The summed E-state index contributed by atoms with van der Waals surface area (Å²) in [6.07, 6.45) is 1.06. The maximum atomic E-state index is 5.36. The number of nitrogens with two attached hydrogens (primary N) is 1. The molecule has 1 aliphatic rings. The second-order valence-electron chi connectivity index (χ2n) is 5.01. The highest BCUT2D eigenvalue weighted by molar-refractivity contribution is 9.10. The molecule has 0 atom stereocenters. The van der Waals surface area contributed by atoms with E-state index in [2.05, 4.69) is 58.4 Å². The normalized spacial score (nSPS) is 11.1. The molecule has 0 spiro atoms. The van der Waals surface area contributed by atoms with Crippen LogP contribution in [0.2, 0.25) is 0 Å². The van der Waals surface area contributed by atoms with Gasteiger partial charge in [-0.15, -0.1) is 0 Å². The van der Waals surface area contributed by atoms with Crippen LogP contribution in [0.25, 0.3) is 11.1 Å². The minimum atomic E-state index is 0.822. The molecule has 0 fully saturated rings. The van der Waals surface area contributed by atoms with E-state index in [-0.39, 0.29) is 0 Å². The van der Waals surface area contributed by atoms with Crippen molar-refractivity contribution >= 4 is 21.6 Å². The van der Waals surface area contributed by atoms with E-state index in [1.54, 1.807) is 0 Å². The van der Waals surface area contributed by atoms with Crippen LogP contribution in [-0.4, -0.2) is 0 Å². The second kappa shape index (κ2) is 6.15. The van der Waals surface area contributed by atoms with Crippen molar-refractivity contribution in [1.82, 2.24) is 0 Å². The molecule has 0 heterocycles. The van der Waals surface area contributed by atoms with Crippen molar-refractivity contribution in [2.75, 3.05) is 5.73 Å². The van der Waals surface area contributed by atoms with Crippen molar-refractivity contribution in [3.05, 3.63) is 88.4 Å². The molecule has 0 amide bonds. The molecular weight excluding hydrogens is 322 g/mol. The lowest BCUT2D eigenvalue weighted by Crippen LogP contribution is -1.80. The van der Waals surface area contributed by atoms with E-state index in [1.165, 1.54) is 26.7 Å². The smallest absolute Gasteiger partial charge is 0.0313 e. The first kappa shape index (κ1) is 13.9. The molecule has 0 aromatic heterocycles. The second-order valence-corrected chi connectivity index (χ2v) is 5.86. The molecule has 0 saturated heterocycles. The molecule has 3 aromatic rings. The van der Waals surface area contributed by atoms with Gasteiger partial charge in [-0.3, -0.25) is 0 Å². The van der Waals surface area contributed by atoms with Crippen molar-refractivity contribution < 1.29 is 0 Å². The lowest BCUT2D eigenvalue weighted by molar-refractivity contribution is 1.25. The molecule has 4 rings (SSSR count). The third-order valence-electron chi connectivity index (χ3n) is 3.59. The molecule has 0 aliphatic heterocycles. The lowest BCUT2D eigenvalue weighted by atomic mass is 10.1. The summed E-state index contributed by atoms with van der Waals surface area (Å²) in [5.74, 6) is 0. The van der Waals surface area contributed by atoms with Gasteiger partial charge in [-0.05, 0) is 46.9 Å². The zero-order valence-corrected chi connectivity index (χ0v) is 13.2. The quantitative estimate of drug-likeness (QED) is 0.433. The monoisotopic (exact) mass is 337 g/mol. The SMILES string of the molecule is Brc1cccc2c1Cc1ccccc1-2.Nc1ccccc1. The number of hydrogen-bond acceptors (Lipinski definition) is 1. The summed E-state index contributed by atoms with van der Waals surface area (Å²) in [7, 11) is 0. The van der Waals surface area contributed by atoms with E-state index >= 15 is 0 Å². The maximum absolute atomic E-state index is 5.36. The number of rotatable bonds is 0. The zero-order valence-electron chi connectivity index (χ0n) is 11.6. The van der Waals surface area contributed by atoms with Crippen LogP contribution < -0.4 is 5.73 Å². The average molecular weight is 338 g/mol. The predicted octanol–water partition coefficient (Wildman–Crippen LogP) is 5.29. The third-order valence-corrected chi connectivity index (χ3v) is 4.34. The molecule has 2 heteroatoms. The first-order valence-electron chi connectivity index (χ1n) is 6.92. The lowest BCUT2D eigenvalue weighted by Gasteiger charge is -2.01. The topological polar surface area (TPSA) is 26.0 Å². The summed E-state index contributed by atoms with van der Waals surface area (Å²) >= 11 is 3.61. The molecule has 0 unspecified atom stereocenters. The summed E-state index contributed by atoms with van der Waals surface area (Å²) in [4.78, 5) is 0. The van der Waals surface area contributed by atoms with Gasteiger partial charge in [0.15, 0.2) is 0 Å². The minimum absolute atomic E-state index is 0.822. The first-order chi connectivity index (χ1) is 10.3. The minimum Gasteiger partial charge on any atom is -0.399 e. The van der Waals surface area contributed by atoms with Crippen molar-refractivity contribution in [2.45, 2.75) is 6.42 Å². The number of fused-ring (bicyclic) bond motifs is 3. The number of benzene rings is 3. The number of anilines is 1. The molecule has 0 bridgehead atoms. The Bertz CT molecular complexity index is 751. The Balaban J connectivity index is 0.000000160. The fraction of sp³-hybridized carbons (Fsp3) is 0.0526. The number of nitrogen functional groups attached to an aromatic ring is 1. The van der Waals surface area contributed by atoms with Crippen LogP contribution in [0.5, 0.6) is 0 Å². The van der Waals surface area contributed by atoms with Gasteiger partial charge in [0.1, 0.15) is 0 Å². The van der Waals surface area contributed by atoms with E-state index in [1.807, 2.05) is 30.3 Å². The van der Waals surface area contributed by atoms with Gasteiger partial charge in [0.25, 0.3) is 0 Å². The number of halogens is 1. The standard InChI is InChI=1S/C13H9Br.C6H7N/c14-13-7-3-6-11-10-5-2-1-4-9(10)8-12(11)13;7-6-4-2-1-3-5-6/h1-7H,8H2;1-5H,7H2. The highest BCUT2D eigenvalue weighted by Crippen LogP contribution is 2.39. The largest absolute Gasteiger partial charge is 0.399 e. The van der Waals surface area contributed by atoms with Crippen LogP contribution >= 0.6 is 15.9 Å². The Morgan fingerprint density at radius 2 is 1.38 bits per heavy atom. The van der Waals surface area contributed by atoms with Gasteiger partial charge in [-0.25, -0.2) is 0 Å². The van der Waals surface area contributed by atoms with Crippen molar-refractivity contribution in [3.63, 3.8) is 0 Å². The van der Waals surface area contributed by atoms with Crippen LogP contribution in [0.1, 0.15) is 11.1 Å². The highest BCUT2D eigenvalue weighted by Gasteiger charge is 2.18. The van der Waals surface area contributed by atoms with Gasteiger partial charge in [-0.1, -0.05) is 70.5 Å². The van der Waals surface area contributed by atoms with Gasteiger partial charge in [-0.2, -0.15) is 0 Å². The fourth-order valence-electron chi connectivity index (χ4n) is 2.57. The van der Waals surface area contributed by atoms with Gasteiger partial charge < -0.3 is 5.73 Å². The Morgan fingerprint density at radius 1 is 0.714 bits per heavy atom. The highest BCUT2D eigenvalue weighted by atomic mass is 79.9. The van der Waals surface area contributed by atoms with Crippen LogP contribution in [0.3, 0.4) is 0 Å². The Kier molecular flexibility index (Phi) is 4.07. The molecular formula is C19H16BrN. The van der Waals surface area contributed by atoms with E-state index in [0.29, 0.717) is 0 Å². The first-order valence-corrected chi connectivity index (χ1v) is 7.71. The molecule has 0 radical (unpaired) electrons. The summed E-state index contributed by atoms with van der Waals surface area (Å²) in [5, 5.41) is 0. The van der Waals surface area contributed by atoms with Gasteiger partial charge in [0, 0.05) is 10.2 Å². The third kappa shape index (κ3) is 3.01. The summed E-state index contributed by atoms with van der Waals surface area (Å²) < 4.78 is 1.23. The Labute approximate surface area is 133 Å². The molecule has 21 heavy (non-hydrogen) atoms. The Morgan fingerprint density at radius 3 is 2.10 bits per heavy atom. The molecule has 104 valence electrons. The summed E-state index contributed by atoms with van der Waals surface area (Å²) in [5.41, 5.74) is 11.8. The van der Waals surface area contributed by atoms with Crippen LogP contribution in [0.4, 0.5) is 5.69 Å². The van der Waals surface area contributed by atoms with Crippen molar-refractivity contribution in [2.24, 2.45) is 0 Å². The van der Waals surface area contributed by atoms with E-state index in [0.717, 1.165) is 12.1 Å². The molecule has 1 nitrogen and oxygen atoms in total. The van der Waals surface area contributed by atoms with Gasteiger partial charge >= 0.3 is 0 Å². The van der Waals surface area contributed by atoms with Crippen LogP contribution in [0, 0.1) is 0 Å². The number of para-hydroxylation sites is 1. The molecule has 1 aliphatic carbocycles. The Hall–Kier alpha value is -2.06. The summed E-state index contributed by atoms with van der Waals surface area (Å²) in [6.45, 7) is 0. The maximum Gasteiger partial charge on any atom is 0.0313 e. The van der Waals surface area contributed by atoms with Crippen molar-refractivity contribution in [3.8, 4) is 11.1 Å². The average Bonchev–Trinajstić information content (AvgIpc) is 2.89. The van der Waals surface area contributed by atoms with Crippen LogP contribution in [-0.2, 0) is 6.42 Å². The van der Waals surface area contributed by atoms with E-state index in [4.69, 9.17) is 5.73 Å². The van der Waals surface area contributed by atoms with Crippen LogP contribution in [0.15, 0.2) is 77.3 Å². The fourth-order valence-corrected chi connectivity index (χ4v) is 3.08. The van der Waals surface area contributed by atoms with Gasteiger partial charge in [0.05, 0.1) is 0 Å². The van der Waals surface area contributed by atoms with E-state index < -0.39 is 0 Å². The van der Waals surface area contributed by atoms with E-state index in [9.17, 15) is 0 Å². The summed E-state index contributed by atoms with van der Waals surface area (Å²) in [6, 6.07) is 24.5.